The van der Waals surface area contributed by atoms with Gasteiger partial charge in [0, 0.05) is 0 Å². The molecule has 0 saturated carbocycles. The summed E-state index contributed by atoms with van der Waals surface area (Å²) in [6.45, 7) is 1.91. The van der Waals surface area contributed by atoms with Gasteiger partial charge in [-0.25, -0.2) is 0 Å². The Morgan fingerprint density at radius 3 is 2.67 bits per heavy atom. The van der Waals surface area contributed by atoms with Gasteiger partial charge in [0.1, 0.15) is 0 Å². The molecule has 1 aromatic carbocycles. The zero-order chi connectivity index (χ0) is 9.14. The molecule has 1 nitrogen and oxygen atoms in total. The van der Waals surface area contributed by atoms with E-state index in [9.17, 15) is 0 Å². The quantitative estimate of drug-likeness (QED) is 0.681. The van der Waals surface area contributed by atoms with Crippen molar-refractivity contribution in [1.82, 2.24) is 0 Å². The average molecular weight is 200 g/mol. The highest BCUT2D eigenvalue weighted by molar-refractivity contribution is 6.42. The van der Waals surface area contributed by atoms with Crippen LogP contribution in [-0.2, 0) is 6.42 Å². The van der Waals surface area contributed by atoms with Crippen LogP contribution in [0.25, 0.3) is 0 Å². The molecule has 0 heterocycles. The highest BCUT2D eigenvalue weighted by Gasteiger charge is 2.06. The van der Waals surface area contributed by atoms with Crippen molar-refractivity contribution in [1.29, 1.82) is 5.26 Å². The lowest BCUT2D eigenvalue weighted by Gasteiger charge is -2.04. The fourth-order valence-corrected chi connectivity index (χ4v) is 1.44. The number of hydrogen-bond acceptors (Lipinski definition) is 1. The summed E-state index contributed by atoms with van der Waals surface area (Å²) in [5.41, 5.74) is 1.83. The molecule has 0 atom stereocenters. The van der Waals surface area contributed by atoms with Gasteiger partial charge in [-0.3, -0.25) is 0 Å². The monoisotopic (exact) mass is 199 g/mol. The zero-order valence-corrected chi connectivity index (χ0v) is 8.08. The van der Waals surface area contributed by atoms with E-state index in [2.05, 4.69) is 0 Å². The van der Waals surface area contributed by atoms with Crippen molar-refractivity contribution in [2.45, 2.75) is 13.3 Å². The Morgan fingerprint density at radius 1 is 1.42 bits per heavy atom. The maximum Gasteiger partial charge on any atom is 0.0670 e. The van der Waals surface area contributed by atoms with Crippen LogP contribution in [0.1, 0.15) is 11.1 Å². The summed E-state index contributed by atoms with van der Waals surface area (Å²) in [5.74, 6) is 0. The molecule has 0 saturated heterocycles. The molecule has 12 heavy (non-hydrogen) atoms. The topological polar surface area (TPSA) is 23.8 Å². The Morgan fingerprint density at radius 2 is 2.08 bits per heavy atom. The van der Waals surface area contributed by atoms with E-state index in [0.717, 1.165) is 11.1 Å². The highest BCUT2D eigenvalue weighted by atomic mass is 35.5. The fourth-order valence-electron chi connectivity index (χ4n) is 0.985. The lowest BCUT2D eigenvalue weighted by molar-refractivity contribution is 1.21. The highest BCUT2D eigenvalue weighted by Crippen LogP contribution is 2.28. The first kappa shape index (κ1) is 9.38. The third-order valence-corrected chi connectivity index (χ3v) is 2.53. The van der Waals surface area contributed by atoms with Crippen molar-refractivity contribution in [3.63, 3.8) is 0 Å². The minimum Gasteiger partial charge on any atom is -0.198 e. The molecular formula is C9H7Cl2N. The van der Waals surface area contributed by atoms with E-state index in [1.165, 1.54) is 0 Å². The molecular weight excluding hydrogens is 193 g/mol. The smallest absolute Gasteiger partial charge is 0.0670 e. The van der Waals surface area contributed by atoms with Crippen molar-refractivity contribution in [3.05, 3.63) is 33.3 Å². The molecule has 0 aliphatic heterocycles. The number of hydrogen-bond donors (Lipinski definition) is 0. The maximum atomic E-state index is 8.51. The number of benzene rings is 1. The van der Waals surface area contributed by atoms with Crippen molar-refractivity contribution in [2.75, 3.05) is 0 Å². The molecule has 0 aliphatic carbocycles. The van der Waals surface area contributed by atoms with E-state index in [1.54, 1.807) is 6.07 Å². The summed E-state index contributed by atoms with van der Waals surface area (Å²) < 4.78 is 0. The molecule has 0 bridgehead atoms. The minimum atomic E-state index is 0.311. The second-order valence-corrected chi connectivity index (χ2v) is 3.28. The Kier molecular flexibility index (Phi) is 2.97. The molecule has 0 spiro atoms. The molecule has 0 unspecified atom stereocenters. The van der Waals surface area contributed by atoms with Crippen LogP contribution in [0.15, 0.2) is 12.1 Å². The van der Waals surface area contributed by atoms with Crippen LogP contribution in [0, 0.1) is 18.3 Å². The first-order chi connectivity index (χ1) is 5.66. The molecule has 62 valence electrons. The molecule has 1 rings (SSSR count). The lowest BCUT2D eigenvalue weighted by atomic mass is 10.1. The maximum absolute atomic E-state index is 8.51. The van der Waals surface area contributed by atoms with Crippen molar-refractivity contribution < 1.29 is 0 Å². The molecule has 0 aliphatic rings. The van der Waals surface area contributed by atoms with Gasteiger partial charge in [-0.2, -0.15) is 5.26 Å². The third kappa shape index (κ3) is 1.72. The summed E-state index contributed by atoms with van der Waals surface area (Å²) in [6, 6.07) is 5.65. The predicted octanol–water partition coefficient (Wildman–Crippen LogP) is 3.37. The van der Waals surface area contributed by atoms with Crippen molar-refractivity contribution >= 4 is 23.2 Å². The summed E-state index contributed by atoms with van der Waals surface area (Å²) in [6.07, 6.45) is 0.311. The minimum absolute atomic E-state index is 0.311. The van der Waals surface area contributed by atoms with Gasteiger partial charge in [-0.05, 0) is 24.1 Å². The van der Waals surface area contributed by atoms with Gasteiger partial charge in [-0.1, -0.05) is 29.3 Å². The Bertz CT molecular complexity index is 339. The van der Waals surface area contributed by atoms with E-state index >= 15 is 0 Å². The van der Waals surface area contributed by atoms with Gasteiger partial charge in [0.05, 0.1) is 22.5 Å². The standard InChI is InChI=1S/C9H7Cl2N/c1-6-2-3-8(10)9(11)7(6)4-5-12/h2-3H,4H2,1H3. The molecule has 0 amide bonds. The zero-order valence-electron chi connectivity index (χ0n) is 6.56. The number of nitrogens with zero attached hydrogens (tertiary/aromatic N) is 1. The van der Waals surface area contributed by atoms with Gasteiger partial charge < -0.3 is 0 Å². The van der Waals surface area contributed by atoms with Gasteiger partial charge in [0.15, 0.2) is 0 Å². The molecule has 3 heteroatoms. The largest absolute Gasteiger partial charge is 0.198 e. The molecule has 1 aromatic rings. The molecule has 0 N–H and O–H groups in total. The van der Waals surface area contributed by atoms with Crippen LogP contribution < -0.4 is 0 Å². The second-order valence-electron chi connectivity index (χ2n) is 2.49. The van der Waals surface area contributed by atoms with Gasteiger partial charge in [0.2, 0.25) is 0 Å². The van der Waals surface area contributed by atoms with Crippen LogP contribution in [0.3, 0.4) is 0 Å². The number of halogens is 2. The van der Waals surface area contributed by atoms with E-state index < -0.39 is 0 Å². The van der Waals surface area contributed by atoms with Crippen LogP contribution >= 0.6 is 23.2 Å². The van der Waals surface area contributed by atoms with Crippen LogP contribution in [0.5, 0.6) is 0 Å². The fraction of sp³-hybridized carbons (Fsp3) is 0.222. The summed E-state index contributed by atoms with van der Waals surface area (Å²) in [7, 11) is 0. The van der Waals surface area contributed by atoms with Crippen LogP contribution in [0.4, 0.5) is 0 Å². The van der Waals surface area contributed by atoms with Crippen molar-refractivity contribution in [2.24, 2.45) is 0 Å². The Balaban J connectivity index is 3.25. The normalized spacial score (nSPS) is 9.50. The van der Waals surface area contributed by atoms with Crippen LogP contribution in [0.2, 0.25) is 10.0 Å². The molecule has 0 fully saturated rings. The lowest BCUT2D eigenvalue weighted by Crippen LogP contribution is -1.89. The summed E-state index contributed by atoms with van der Waals surface area (Å²) in [4.78, 5) is 0. The first-order valence-electron chi connectivity index (χ1n) is 3.47. The summed E-state index contributed by atoms with van der Waals surface area (Å²) >= 11 is 11.7. The van der Waals surface area contributed by atoms with E-state index in [1.807, 2.05) is 19.1 Å². The van der Waals surface area contributed by atoms with E-state index in [-0.39, 0.29) is 0 Å². The Hall–Kier alpha value is -0.710. The predicted molar refractivity (Wildman–Crippen MR) is 50.5 cm³/mol. The van der Waals surface area contributed by atoms with Crippen molar-refractivity contribution in [3.8, 4) is 6.07 Å². The number of rotatable bonds is 1. The van der Waals surface area contributed by atoms with E-state index in [4.69, 9.17) is 28.5 Å². The van der Waals surface area contributed by atoms with E-state index in [0.29, 0.717) is 16.5 Å². The second kappa shape index (κ2) is 3.80. The number of nitriles is 1. The third-order valence-electron chi connectivity index (χ3n) is 1.69. The Labute approximate surface area is 81.5 Å². The van der Waals surface area contributed by atoms with Crippen LogP contribution in [-0.4, -0.2) is 0 Å². The summed E-state index contributed by atoms with van der Waals surface area (Å²) in [5, 5.41) is 9.51. The molecule has 0 radical (unpaired) electrons. The SMILES string of the molecule is Cc1ccc(Cl)c(Cl)c1CC#N. The number of aryl methyl sites for hydroxylation is 1. The average Bonchev–Trinajstić information content (AvgIpc) is 2.06. The molecule has 0 aromatic heterocycles. The van der Waals surface area contributed by atoms with Gasteiger partial charge in [-0.15, -0.1) is 0 Å². The van der Waals surface area contributed by atoms with Gasteiger partial charge in [0.25, 0.3) is 0 Å². The first-order valence-corrected chi connectivity index (χ1v) is 4.23. The van der Waals surface area contributed by atoms with Gasteiger partial charge >= 0.3 is 0 Å².